The number of fused-ring (bicyclic) bond motifs is 5. The van der Waals surface area contributed by atoms with Crippen LogP contribution in [-0.2, 0) is 14.4 Å². The van der Waals surface area contributed by atoms with Crippen molar-refractivity contribution in [2.24, 2.45) is 39.7 Å². The van der Waals surface area contributed by atoms with E-state index in [0.717, 1.165) is 44.2 Å². The predicted molar refractivity (Wildman–Crippen MR) is 135 cm³/mol. The summed E-state index contributed by atoms with van der Waals surface area (Å²) in [6.07, 6.45) is 11.3. The zero-order chi connectivity index (χ0) is 25.6. The van der Waals surface area contributed by atoms with Crippen LogP contribution in [0.4, 0.5) is 0 Å². The van der Waals surface area contributed by atoms with E-state index in [2.05, 4.69) is 37.3 Å². The van der Waals surface area contributed by atoms with Crippen LogP contribution in [0.2, 0.25) is 0 Å². The Kier molecular flexibility index (Phi) is 7.13. The maximum absolute atomic E-state index is 12.2. The van der Waals surface area contributed by atoms with E-state index in [1.54, 1.807) is 0 Å². The van der Waals surface area contributed by atoms with Gasteiger partial charge in [-0.1, -0.05) is 44.8 Å². The van der Waals surface area contributed by atoms with E-state index in [-0.39, 0.29) is 23.4 Å². The van der Waals surface area contributed by atoms with Crippen molar-refractivity contribution in [2.45, 2.75) is 104 Å². The largest absolute Gasteiger partial charge is 0.480 e. The number of carboxylic acid groups (broad SMARTS) is 1. The van der Waals surface area contributed by atoms with Crippen LogP contribution in [0.1, 0.15) is 92.4 Å². The summed E-state index contributed by atoms with van der Waals surface area (Å²) in [6.45, 7) is 10.2. The molecule has 1 amide bonds. The third-order valence-electron chi connectivity index (χ3n) is 10.7. The Bertz CT molecular complexity index is 911. The van der Waals surface area contributed by atoms with Crippen molar-refractivity contribution in [3.63, 3.8) is 0 Å². The van der Waals surface area contributed by atoms with E-state index < -0.39 is 23.5 Å². The van der Waals surface area contributed by atoms with Gasteiger partial charge in [0.05, 0.1) is 11.3 Å². The summed E-state index contributed by atoms with van der Waals surface area (Å²) in [5.74, 6) is 0.277. The van der Waals surface area contributed by atoms with Crippen molar-refractivity contribution in [3.8, 4) is 0 Å². The molecule has 7 nitrogen and oxygen atoms in total. The van der Waals surface area contributed by atoms with E-state index in [0.29, 0.717) is 24.2 Å². The van der Waals surface area contributed by atoms with E-state index in [1.807, 2.05) is 13.8 Å². The summed E-state index contributed by atoms with van der Waals surface area (Å²) in [5.41, 5.74) is 1.97. The molecule has 3 fully saturated rings. The maximum atomic E-state index is 12.2. The number of hydrogen-bond acceptors (Lipinski definition) is 5. The number of rotatable bonds is 7. The monoisotopic (exact) mass is 488 g/mol. The zero-order valence-electron chi connectivity index (χ0n) is 22.1. The molecular weight excluding hydrogens is 444 g/mol. The van der Waals surface area contributed by atoms with Crippen LogP contribution in [0, 0.1) is 34.5 Å². The number of carbonyl (C=O) groups excluding carboxylic acids is 1. The van der Waals surface area contributed by atoms with Gasteiger partial charge in [0.2, 0.25) is 0 Å². The van der Waals surface area contributed by atoms with Gasteiger partial charge in [0, 0.05) is 0 Å². The summed E-state index contributed by atoms with van der Waals surface area (Å²) < 4.78 is 0. The number of aliphatic carboxylic acids is 1. The molecule has 3 N–H and O–H groups in total. The highest BCUT2D eigenvalue weighted by molar-refractivity contribution is 5.96. The quantitative estimate of drug-likeness (QED) is 0.451. The van der Waals surface area contributed by atoms with E-state index in [9.17, 15) is 19.8 Å². The average Bonchev–Trinajstić information content (AvgIpc) is 3.05. The number of carboxylic acids is 1. The first kappa shape index (κ1) is 26.2. The number of amides is 1. The fourth-order valence-corrected chi connectivity index (χ4v) is 7.96. The molecule has 196 valence electrons. The lowest BCUT2D eigenvalue weighted by Crippen LogP contribution is -2.53. The Morgan fingerprint density at radius 1 is 1.14 bits per heavy atom. The normalized spacial score (nSPS) is 41.1. The smallest absolute Gasteiger partial charge is 0.326 e. The topological polar surface area (TPSA) is 108 Å². The van der Waals surface area contributed by atoms with Gasteiger partial charge in [0.1, 0.15) is 6.04 Å². The number of hydrogen-bond donors (Lipinski definition) is 3. The Morgan fingerprint density at radius 3 is 2.54 bits per heavy atom. The maximum Gasteiger partial charge on any atom is 0.326 e. The lowest BCUT2D eigenvalue weighted by Gasteiger charge is -2.59. The SMILES string of the molecule is CC[C@H](C)[C@@H](NC(=O)CO/N=C1/C=C2CC[C@@H]3[C@H](CC[C@@]4(C)[C@H]3CC[C@]4(C)O)[C@@]2(C)CC1)C(=O)O. The molecule has 3 saturated carbocycles. The molecule has 0 aromatic carbocycles. The van der Waals surface area contributed by atoms with Crippen LogP contribution in [-0.4, -0.2) is 46.1 Å². The van der Waals surface area contributed by atoms with E-state index >= 15 is 0 Å². The fourth-order valence-electron chi connectivity index (χ4n) is 7.96. The van der Waals surface area contributed by atoms with Crippen molar-refractivity contribution < 1.29 is 24.6 Å². The van der Waals surface area contributed by atoms with Gasteiger partial charge in [-0.3, -0.25) is 4.79 Å². The summed E-state index contributed by atoms with van der Waals surface area (Å²) in [6, 6.07) is -0.919. The molecule has 7 heteroatoms. The number of oxime groups is 1. The molecule has 0 saturated heterocycles. The van der Waals surface area contributed by atoms with Crippen molar-refractivity contribution in [2.75, 3.05) is 6.61 Å². The highest BCUT2D eigenvalue weighted by Crippen LogP contribution is 2.67. The zero-order valence-corrected chi connectivity index (χ0v) is 22.1. The van der Waals surface area contributed by atoms with E-state index in [4.69, 9.17) is 4.84 Å². The molecule has 4 aliphatic carbocycles. The molecule has 0 aromatic heterocycles. The predicted octanol–water partition coefficient (Wildman–Crippen LogP) is 4.69. The summed E-state index contributed by atoms with van der Waals surface area (Å²) in [5, 5.41) is 27.3. The highest BCUT2D eigenvalue weighted by atomic mass is 16.6. The third kappa shape index (κ3) is 4.54. The molecule has 0 aromatic rings. The molecule has 0 unspecified atom stereocenters. The molecular formula is C28H44N2O5. The van der Waals surface area contributed by atoms with Crippen LogP contribution in [0.25, 0.3) is 0 Å². The fraction of sp³-hybridized carbons (Fsp3) is 0.821. The highest BCUT2D eigenvalue weighted by Gasteiger charge is 2.62. The minimum Gasteiger partial charge on any atom is -0.480 e. The van der Waals surface area contributed by atoms with Gasteiger partial charge in [0.25, 0.3) is 5.91 Å². The number of aliphatic hydroxyl groups is 1. The van der Waals surface area contributed by atoms with Crippen molar-refractivity contribution >= 4 is 17.6 Å². The van der Waals surface area contributed by atoms with Crippen molar-refractivity contribution in [1.29, 1.82) is 0 Å². The first-order valence-corrected chi connectivity index (χ1v) is 13.6. The standard InChI is InChI=1S/C28H44N2O5/c1-6-17(2)24(25(32)33)29-23(31)16-35-30-19-9-12-26(3)18(15-19)7-8-20-21(26)10-13-27(4)22(20)11-14-28(27,5)34/h15,17,20-22,24,34H,6-14,16H2,1-5H3,(H,29,31)(H,32,33)/b30-19+/t17-,20+,21-,22-,24+,26-,27-,28-/m0/s1. The summed E-state index contributed by atoms with van der Waals surface area (Å²) in [4.78, 5) is 29.0. The van der Waals surface area contributed by atoms with Gasteiger partial charge in [-0.2, -0.15) is 0 Å². The lowest BCUT2D eigenvalue weighted by molar-refractivity contribution is -0.144. The summed E-state index contributed by atoms with van der Waals surface area (Å²) in [7, 11) is 0. The lowest BCUT2D eigenvalue weighted by atomic mass is 9.46. The Morgan fingerprint density at radius 2 is 1.86 bits per heavy atom. The molecule has 35 heavy (non-hydrogen) atoms. The molecule has 0 radical (unpaired) electrons. The second kappa shape index (κ2) is 9.53. The van der Waals surface area contributed by atoms with Gasteiger partial charge in [-0.05, 0) is 98.9 Å². The molecule has 0 bridgehead atoms. The molecule has 0 spiro atoms. The number of nitrogens with zero attached hydrogens (tertiary/aromatic N) is 1. The molecule has 4 aliphatic rings. The van der Waals surface area contributed by atoms with Gasteiger partial charge >= 0.3 is 5.97 Å². The second-order valence-electron chi connectivity index (χ2n) is 12.4. The van der Waals surface area contributed by atoms with Gasteiger partial charge in [0.15, 0.2) is 6.61 Å². The molecule has 8 atom stereocenters. The Labute approximate surface area is 209 Å². The van der Waals surface area contributed by atoms with Crippen molar-refractivity contribution in [3.05, 3.63) is 11.6 Å². The second-order valence-corrected chi connectivity index (χ2v) is 12.4. The van der Waals surface area contributed by atoms with Crippen LogP contribution in [0.5, 0.6) is 0 Å². The minimum absolute atomic E-state index is 0.0377. The van der Waals surface area contributed by atoms with Gasteiger partial charge in [-0.15, -0.1) is 0 Å². The van der Waals surface area contributed by atoms with Crippen LogP contribution >= 0.6 is 0 Å². The molecule has 4 rings (SSSR count). The first-order chi connectivity index (χ1) is 16.4. The van der Waals surface area contributed by atoms with Gasteiger partial charge < -0.3 is 20.4 Å². The van der Waals surface area contributed by atoms with Crippen LogP contribution in [0.15, 0.2) is 16.8 Å². The number of carbonyl (C=O) groups is 2. The Balaban J connectivity index is 1.39. The molecule has 0 heterocycles. The summed E-state index contributed by atoms with van der Waals surface area (Å²) >= 11 is 0. The van der Waals surface area contributed by atoms with E-state index in [1.165, 1.54) is 18.4 Å². The van der Waals surface area contributed by atoms with Crippen molar-refractivity contribution in [1.82, 2.24) is 5.32 Å². The average molecular weight is 489 g/mol. The number of nitrogens with one attached hydrogen (secondary N) is 1. The van der Waals surface area contributed by atoms with Crippen LogP contribution < -0.4 is 5.32 Å². The first-order valence-electron chi connectivity index (χ1n) is 13.6. The van der Waals surface area contributed by atoms with Crippen LogP contribution in [0.3, 0.4) is 0 Å². The molecule has 0 aliphatic heterocycles. The Hall–Kier alpha value is -1.89. The third-order valence-corrected chi connectivity index (χ3v) is 10.7. The minimum atomic E-state index is -1.03. The number of allylic oxidation sites excluding steroid dienone is 2. The van der Waals surface area contributed by atoms with Gasteiger partial charge in [-0.25, -0.2) is 4.79 Å².